The van der Waals surface area contributed by atoms with Crippen molar-refractivity contribution >= 4 is 10.0 Å². The van der Waals surface area contributed by atoms with Crippen LogP contribution in [0, 0.1) is 0 Å². The summed E-state index contributed by atoms with van der Waals surface area (Å²) in [5.41, 5.74) is 0. The lowest BCUT2D eigenvalue weighted by atomic mass is 10.8. The molecule has 1 rings (SSSR count). The lowest BCUT2D eigenvalue weighted by molar-refractivity contribution is 0.0437. The van der Waals surface area contributed by atoms with Crippen LogP contribution in [0.5, 0.6) is 0 Å². The molecule has 8 heteroatoms. The molecular formula is C6H11N3O4S. The van der Waals surface area contributed by atoms with Crippen molar-refractivity contribution in [3.8, 4) is 0 Å². The Balaban J connectivity index is 2.44. The molecular weight excluding hydrogens is 210 g/mol. The molecule has 80 valence electrons. The molecule has 0 unspecified atom stereocenters. The van der Waals surface area contributed by atoms with Gasteiger partial charge in [-0.15, -0.1) is 0 Å². The van der Waals surface area contributed by atoms with Crippen LogP contribution in [0.15, 0.2) is 17.3 Å². The van der Waals surface area contributed by atoms with Gasteiger partial charge in [0.15, 0.2) is 5.03 Å². The number of ether oxygens (including phenoxy) is 1. The highest BCUT2D eigenvalue weighted by molar-refractivity contribution is 7.89. The van der Waals surface area contributed by atoms with Crippen molar-refractivity contribution in [2.75, 3.05) is 20.3 Å². The molecule has 0 atom stereocenters. The van der Waals surface area contributed by atoms with E-state index in [4.69, 9.17) is 0 Å². The van der Waals surface area contributed by atoms with E-state index in [0.29, 0.717) is 6.61 Å². The fourth-order valence-electron chi connectivity index (χ4n) is 0.682. The summed E-state index contributed by atoms with van der Waals surface area (Å²) >= 11 is 0. The van der Waals surface area contributed by atoms with Gasteiger partial charge in [0.25, 0.3) is 10.0 Å². The second kappa shape index (κ2) is 5.05. The summed E-state index contributed by atoms with van der Waals surface area (Å²) < 4.78 is 27.3. The first-order valence-corrected chi connectivity index (χ1v) is 5.27. The topological polar surface area (TPSA) is 93.3 Å². The molecule has 0 spiro atoms. The van der Waals surface area contributed by atoms with Crippen LogP contribution >= 0.6 is 0 Å². The SMILES string of the molecule is COCCONS(=O)(=O)c1ccn[nH]1. The van der Waals surface area contributed by atoms with Gasteiger partial charge in [0.05, 0.1) is 19.4 Å². The van der Waals surface area contributed by atoms with Gasteiger partial charge in [-0.1, -0.05) is 4.89 Å². The Morgan fingerprint density at radius 3 is 2.93 bits per heavy atom. The Kier molecular flexibility index (Phi) is 4.01. The first-order chi connectivity index (χ1) is 6.67. The summed E-state index contributed by atoms with van der Waals surface area (Å²) in [6.45, 7) is 0.454. The van der Waals surface area contributed by atoms with Crippen molar-refractivity contribution in [1.29, 1.82) is 0 Å². The van der Waals surface area contributed by atoms with Crippen LogP contribution in [-0.4, -0.2) is 38.9 Å². The number of aromatic amines is 1. The minimum Gasteiger partial charge on any atom is -0.382 e. The van der Waals surface area contributed by atoms with Crippen LogP contribution in [0.1, 0.15) is 0 Å². The molecule has 7 nitrogen and oxygen atoms in total. The van der Waals surface area contributed by atoms with E-state index in [-0.39, 0.29) is 11.6 Å². The standard InChI is InChI=1S/C6H11N3O4S/c1-12-4-5-13-9-14(10,11)6-2-3-7-8-6/h2-3,9H,4-5H2,1H3,(H,7,8). The molecule has 0 aliphatic rings. The van der Waals surface area contributed by atoms with E-state index in [1.165, 1.54) is 19.4 Å². The Hall–Kier alpha value is -0.960. The zero-order valence-corrected chi connectivity index (χ0v) is 8.37. The van der Waals surface area contributed by atoms with Gasteiger partial charge in [-0.05, 0) is 6.07 Å². The lowest BCUT2D eigenvalue weighted by Crippen LogP contribution is -2.26. The predicted octanol–water partition coefficient (Wildman–Crippen LogP) is -0.734. The molecule has 0 aliphatic heterocycles. The summed E-state index contributed by atoms with van der Waals surface area (Å²) in [7, 11) is -2.15. The van der Waals surface area contributed by atoms with Gasteiger partial charge in [0, 0.05) is 7.11 Å². The van der Waals surface area contributed by atoms with Gasteiger partial charge >= 0.3 is 0 Å². The van der Waals surface area contributed by atoms with Crippen LogP contribution in [0.3, 0.4) is 0 Å². The van der Waals surface area contributed by atoms with E-state index in [1.807, 2.05) is 4.89 Å². The van der Waals surface area contributed by atoms with Gasteiger partial charge in [0.2, 0.25) is 0 Å². The van der Waals surface area contributed by atoms with Crippen molar-refractivity contribution in [3.05, 3.63) is 12.3 Å². The maximum Gasteiger partial charge on any atom is 0.279 e. The molecule has 0 aromatic carbocycles. The summed E-state index contributed by atoms with van der Waals surface area (Å²) in [4.78, 5) is 6.57. The Morgan fingerprint density at radius 1 is 1.57 bits per heavy atom. The third-order valence-corrected chi connectivity index (χ3v) is 2.47. The number of hydrogen-bond acceptors (Lipinski definition) is 5. The average Bonchev–Trinajstić information content (AvgIpc) is 2.65. The Bertz CT molecular complexity index is 347. The number of hydrogen-bond donors (Lipinski definition) is 2. The molecule has 0 saturated heterocycles. The van der Waals surface area contributed by atoms with Crippen molar-refractivity contribution < 1.29 is 18.0 Å². The number of H-pyrrole nitrogens is 1. The van der Waals surface area contributed by atoms with E-state index in [9.17, 15) is 8.42 Å². The quantitative estimate of drug-likeness (QED) is 0.487. The largest absolute Gasteiger partial charge is 0.382 e. The first kappa shape index (κ1) is 11.1. The second-order valence-corrected chi connectivity index (χ2v) is 3.96. The molecule has 0 bridgehead atoms. The fraction of sp³-hybridized carbons (Fsp3) is 0.500. The number of methoxy groups -OCH3 is 1. The van der Waals surface area contributed by atoms with Gasteiger partial charge in [-0.3, -0.25) is 9.94 Å². The molecule has 0 amide bonds. The van der Waals surface area contributed by atoms with Gasteiger partial charge in [-0.2, -0.15) is 5.10 Å². The molecule has 1 heterocycles. The monoisotopic (exact) mass is 221 g/mol. The lowest BCUT2D eigenvalue weighted by Gasteiger charge is -2.04. The van der Waals surface area contributed by atoms with Gasteiger partial charge in [-0.25, -0.2) is 8.42 Å². The first-order valence-electron chi connectivity index (χ1n) is 3.79. The summed E-state index contributed by atoms with van der Waals surface area (Å²) in [5.74, 6) is 0. The van der Waals surface area contributed by atoms with Crippen molar-refractivity contribution in [3.63, 3.8) is 0 Å². The van der Waals surface area contributed by atoms with Crippen LogP contribution < -0.4 is 4.89 Å². The summed E-state index contributed by atoms with van der Waals surface area (Å²) in [6.07, 6.45) is 1.34. The molecule has 1 aromatic rings. The van der Waals surface area contributed by atoms with Crippen LogP contribution in [0.25, 0.3) is 0 Å². The smallest absolute Gasteiger partial charge is 0.279 e. The normalized spacial score (nSPS) is 11.8. The summed E-state index contributed by atoms with van der Waals surface area (Å²) in [6, 6.07) is 1.32. The number of sulfonamides is 1. The van der Waals surface area contributed by atoms with Crippen molar-refractivity contribution in [2.24, 2.45) is 0 Å². The van der Waals surface area contributed by atoms with Gasteiger partial charge in [0.1, 0.15) is 0 Å². The van der Waals surface area contributed by atoms with E-state index < -0.39 is 10.0 Å². The molecule has 2 N–H and O–H groups in total. The van der Waals surface area contributed by atoms with Crippen molar-refractivity contribution in [2.45, 2.75) is 5.03 Å². The maximum absolute atomic E-state index is 11.3. The van der Waals surface area contributed by atoms with Crippen molar-refractivity contribution in [1.82, 2.24) is 15.1 Å². The Morgan fingerprint density at radius 2 is 2.36 bits per heavy atom. The number of aromatic nitrogens is 2. The molecule has 0 radical (unpaired) electrons. The van der Waals surface area contributed by atoms with E-state index in [2.05, 4.69) is 19.8 Å². The number of rotatable bonds is 6. The van der Waals surface area contributed by atoms with E-state index >= 15 is 0 Å². The third kappa shape index (κ3) is 3.07. The highest BCUT2D eigenvalue weighted by Gasteiger charge is 2.14. The average molecular weight is 221 g/mol. The van der Waals surface area contributed by atoms with E-state index in [0.717, 1.165) is 0 Å². The highest BCUT2D eigenvalue weighted by atomic mass is 32.2. The molecule has 0 saturated carbocycles. The highest BCUT2D eigenvalue weighted by Crippen LogP contribution is 2.01. The third-order valence-electron chi connectivity index (χ3n) is 1.32. The van der Waals surface area contributed by atoms with Crippen LogP contribution in [0.4, 0.5) is 0 Å². The predicted molar refractivity (Wildman–Crippen MR) is 46.7 cm³/mol. The van der Waals surface area contributed by atoms with Crippen LogP contribution in [0.2, 0.25) is 0 Å². The fourth-order valence-corrected chi connectivity index (χ4v) is 1.42. The molecule has 1 aromatic heterocycles. The second-order valence-electron chi connectivity index (χ2n) is 2.35. The minimum atomic E-state index is -3.64. The Labute approximate surface area is 81.4 Å². The number of nitrogens with zero attached hydrogens (tertiary/aromatic N) is 1. The molecule has 14 heavy (non-hydrogen) atoms. The van der Waals surface area contributed by atoms with E-state index in [1.54, 1.807) is 0 Å². The molecule has 0 aliphatic carbocycles. The molecule has 0 fully saturated rings. The minimum absolute atomic E-state index is 0.0464. The van der Waals surface area contributed by atoms with Crippen LogP contribution in [-0.2, 0) is 19.6 Å². The maximum atomic E-state index is 11.3. The zero-order chi connectivity index (χ0) is 10.4. The zero-order valence-electron chi connectivity index (χ0n) is 7.56. The number of nitrogens with one attached hydrogen (secondary N) is 2. The van der Waals surface area contributed by atoms with Gasteiger partial charge < -0.3 is 4.74 Å². The summed E-state index contributed by atoms with van der Waals surface area (Å²) in [5, 5.41) is 5.77.